The van der Waals surface area contributed by atoms with E-state index in [0.29, 0.717) is 0 Å². The summed E-state index contributed by atoms with van der Waals surface area (Å²) in [7, 11) is -0.661. The van der Waals surface area contributed by atoms with E-state index < -0.39 is 8.80 Å². The van der Waals surface area contributed by atoms with Crippen molar-refractivity contribution in [3.63, 3.8) is 0 Å². The Balaban J connectivity index is 3.21. The molecule has 0 saturated heterocycles. The summed E-state index contributed by atoms with van der Waals surface area (Å²) in [6, 6.07) is 4.47. The second kappa shape index (κ2) is 3.31. The van der Waals surface area contributed by atoms with E-state index in [0.717, 1.165) is 5.69 Å². The minimum absolute atomic E-state index is 0.661. The smallest absolute Gasteiger partial charge is 0.0647 e. The highest BCUT2D eigenvalue weighted by Gasteiger charge is 2.04. The third kappa shape index (κ3) is 1.69. The Morgan fingerprint density at radius 1 is 1.08 bits per heavy atom. The van der Waals surface area contributed by atoms with Crippen LogP contribution in [0.2, 0.25) is 13.1 Å². The highest BCUT2D eigenvalue weighted by atomic mass is 28.3. The lowest BCUT2D eigenvalue weighted by Crippen LogP contribution is -2.23. The van der Waals surface area contributed by atoms with Crippen LogP contribution >= 0.6 is 0 Å². The summed E-state index contributed by atoms with van der Waals surface area (Å²) < 4.78 is 0. The van der Waals surface area contributed by atoms with E-state index >= 15 is 0 Å². The molecule has 1 aromatic carbocycles. The molecule has 0 fully saturated rings. The van der Waals surface area contributed by atoms with E-state index in [1.165, 1.54) is 16.3 Å². The molecule has 12 heavy (non-hydrogen) atoms. The molecule has 0 atom stereocenters. The van der Waals surface area contributed by atoms with Crippen molar-refractivity contribution < 1.29 is 0 Å². The summed E-state index contributed by atoms with van der Waals surface area (Å²) >= 11 is 0. The zero-order chi connectivity index (χ0) is 9.30. The van der Waals surface area contributed by atoms with Crippen LogP contribution < -0.4 is 10.9 Å². The highest BCUT2D eigenvalue weighted by Crippen LogP contribution is 2.13. The van der Waals surface area contributed by atoms with E-state index in [1.54, 1.807) is 0 Å². The van der Waals surface area contributed by atoms with Crippen LogP contribution in [0.15, 0.2) is 12.1 Å². The molecule has 0 amide bonds. The van der Waals surface area contributed by atoms with Crippen LogP contribution in [-0.4, -0.2) is 8.80 Å². The van der Waals surface area contributed by atoms with Gasteiger partial charge in [-0.1, -0.05) is 30.4 Å². The van der Waals surface area contributed by atoms with Gasteiger partial charge in [0, 0.05) is 5.69 Å². The summed E-state index contributed by atoms with van der Waals surface area (Å²) in [6.07, 6.45) is 0. The second-order valence-electron chi connectivity index (χ2n) is 3.72. The van der Waals surface area contributed by atoms with Crippen molar-refractivity contribution in [1.29, 1.82) is 0 Å². The lowest BCUT2D eigenvalue weighted by molar-refractivity contribution is 1.40. The van der Waals surface area contributed by atoms with Crippen molar-refractivity contribution in [3.05, 3.63) is 23.3 Å². The molecule has 1 nitrogen and oxygen atoms in total. The fraction of sp³-hybridized carbons (Fsp3) is 0.400. The zero-order valence-electron chi connectivity index (χ0n) is 8.31. The first-order valence-corrected chi connectivity index (χ1v) is 7.27. The largest absolute Gasteiger partial charge is 0.398 e. The SMILES string of the molecule is Cc1cc([SiH](C)C)cc(C)c1N. The number of hydrogen-bond acceptors (Lipinski definition) is 1. The lowest BCUT2D eigenvalue weighted by Gasteiger charge is -2.10. The third-order valence-electron chi connectivity index (χ3n) is 2.28. The van der Waals surface area contributed by atoms with E-state index in [-0.39, 0.29) is 0 Å². The van der Waals surface area contributed by atoms with Gasteiger partial charge in [0.15, 0.2) is 0 Å². The van der Waals surface area contributed by atoms with Crippen LogP contribution in [0.25, 0.3) is 0 Å². The van der Waals surface area contributed by atoms with Gasteiger partial charge in [0.1, 0.15) is 0 Å². The molecule has 2 heteroatoms. The summed E-state index contributed by atoms with van der Waals surface area (Å²) in [5, 5.41) is 1.51. The van der Waals surface area contributed by atoms with E-state index in [4.69, 9.17) is 5.73 Å². The monoisotopic (exact) mass is 179 g/mol. The Hall–Kier alpha value is -0.763. The molecule has 0 spiro atoms. The van der Waals surface area contributed by atoms with Gasteiger partial charge in [0.25, 0.3) is 0 Å². The van der Waals surface area contributed by atoms with Gasteiger partial charge in [-0.25, -0.2) is 0 Å². The third-order valence-corrected chi connectivity index (χ3v) is 3.95. The number of nitrogens with two attached hydrogens (primary N) is 1. The number of hydrogen-bond donors (Lipinski definition) is 1. The molecule has 0 bridgehead atoms. The van der Waals surface area contributed by atoms with Crippen LogP contribution in [0.3, 0.4) is 0 Å². The van der Waals surface area contributed by atoms with Gasteiger partial charge in [-0.15, -0.1) is 0 Å². The summed E-state index contributed by atoms with van der Waals surface area (Å²) in [5.74, 6) is 0. The quantitative estimate of drug-likeness (QED) is 0.514. The normalized spacial score (nSPS) is 10.8. The fourth-order valence-electron chi connectivity index (χ4n) is 1.34. The predicted molar refractivity (Wildman–Crippen MR) is 58.8 cm³/mol. The molecule has 0 aliphatic heterocycles. The van der Waals surface area contributed by atoms with Crippen LogP contribution in [0, 0.1) is 13.8 Å². The molecule has 0 aliphatic carbocycles. The molecule has 0 unspecified atom stereocenters. The molecule has 1 aromatic rings. The van der Waals surface area contributed by atoms with Crippen molar-refractivity contribution in [2.75, 3.05) is 5.73 Å². The van der Waals surface area contributed by atoms with Crippen molar-refractivity contribution in [1.82, 2.24) is 0 Å². The van der Waals surface area contributed by atoms with Gasteiger partial charge < -0.3 is 5.73 Å². The van der Waals surface area contributed by atoms with Crippen LogP contribution in [0.4, 0.5) is 5.69 Å². The number of rotatable bonds is 1. The first-order valence-electron chi connectivity index (χ1n) is 4.39. The molecule has 0 aromatic heterocycles. The van der Waals surface area contributed by atoms with Gasteiger partial charge in [0.2, 0.25) is 0 Å². The summed E-state index contributed by atoms with van der Waals surface area (Å²) in [6.45, 7) is 8.85. The van der Waals surface area contributed by atoms with Crippen LogP contribution in [0.1, 0.15) is 11.1 Å². The van der Waals surface area contributed by atoms with Gasteiger partial charge in [0.05, 0.1) is 8.80 Å². The Kier molecular flexibility index (Phi) is 2.57. The van der Waals surface area contributed by atoms with Gasteiger partial charge in [-0.2, -0.15) is 0 Å². The summed E-state index contributed by atoms with van der Waals surface area (Å²) in [4.78, 5) is 0. The second-order valence-corrected chi connectivity index (χ2v) is 6.70. The number of aryl methyl sites for hydroxylation is 2. The lowest BCUT2D eigenvalue weighted by atomic mass is 10.1. The molecular weight excluding hydrogens is 162 g/mol. The average Bonchev–Trinajstić information content (AvgIpc) is 1.99. The van der Waals surface area contributed by atoms with Gasteiger partial charge >= 0.3 is 0 Å². The van der Waals surface area contributed by atoms with Gasteiger partial charge in [-0.05, 0) is 25.0 Å². The fourth-order valence-corrected chi connectivity index (χ4v) is 2.51. The zero-order valence-corrected chi connectivity index (χ0v) is 9.46. The van der Waals surface area contributed by atoms with Crippen molar-refractivity contribution in [2.24, 2.45) is 0 Å². The molecule has 1 rings (SSSR count). The topological polar surface area (TPSA) is 26.0 Å². The van der Waals surface area contributed by atoms with E-state index in [2.05, 4.69) is 39.1 Å². The Morgan fingerprint density at radius 2 is 1.50 bits per heavy atom. The molecule has 2 N–H and O–H groups in total. The van der Waals surface area contributed by atoms with Crippen molar-refractivity contribution >= 4 is 19.7 Å². The Labute approximate surface area is 76.2 Å². The minimum Gasteiger partial charge on any atom is -0.398 e. The number of nitrogen functional groups attached to an aromatic ring is 1. The maximum Gasteiger partial charge on any atom is 0.0647 e. The maximum atomic E-state index is 5.87. The Morgan fingerprint density at radius 3 is 1.83 bits per heavy atom. The molecule has 0 saturated carbocycles. The van der Waals surface area contributed by atoms with Gasteiger partial charge in [-0.3, -0.25) is 0 Å². The van der Waals surface area contributed by atoms with E-state index in [1.807, 2.05) is 0 Å². The highest BCUT2D eigenvalue weighted by molar-refractivity contribution is 6.70. The van der Waals surface area contributed by atoms with Crippen molar-refractivity contribution in [2.45, 2.75) is 26.9 Å². The van der Waals surface area contributed by atoms with Crippen LogP contribution in [0.5, 0.6) is 0 Å². The molecule has 0 heterocycles. The molecule has 0 radical (unpaired) electrons. The molecular formula is C10H17NSi. The molecule has 66 valence electrons. The molecule has 0 aliphatic rings. The first kappa shape index (κ1) is 9.33. The number of benzene rings is 1. The van der Waals surface area contributed by atoms with Crippen molar-refractivity contribution in [3.8, 4) is 0 Å². The summed E-state index contributed by atoms with van der Waals surface area (Å²) in [5.41, 5.74) is 9.27. The standard InChI is InChI=1S/C10H17NSi/c1-7-5-9(12(3)4)6-8(2)10(7)11/h5-6,12H,11H2,1-4H3. The Bertz CT molecular complexity index is 269. The minimum atomic E-state index is -0.661. The van der Waals surface area contributed by atoms with E-state index in [9.17, 15) is 0 Å². The van der Waals surface area contributed by atoms with Crippen LogP contribution in [-0.2, 0) is 0 Å². The first-order chi connectivity index (χ1) is 5.52. The average molecular weight is 179 g/mol. The maximum absolute atomic E-state index is 5.87. The predicted octanol–water partition coefficient (Wildman–Crippen LogP) is 1.58. The number of anilines is 1.